The number of halogens is 6. The summed E-state index contributed by atoms with van der Waals surface area (Å²) in [6.07, 6.45) is 0.0668. The summed E-state index contributed by atoms with van der Waals surface area (Å²) in [6, 6.07) is 0.855. The highest BCUT2D eigenvalue weighted by atomic mass is 79.9. The number of nitrogens with zero attached hydrogens (tertiary/aromatic N) is 2. The number of hydrogen-bond acceptors (Lipinski definition) is 3. The zero-order chi connectivity index (χ0) is 21.8. The summed E-state index contributed by atoms with van der Waals surface area (Å²) in [5.41, 5.74) is 0.120. The van der Waals surface area contributed by atoms with E-state index in [2.05, 4.69) is 36.8 Å². The summed E-state index contributed by atoms with van der Waals surface area (Å²) in [5, 5.41) is 0. The first kappa shape index (κ1) is 21.8. The van der Waals surface area contributed by atoms with E-state index in [1.807, 2.05) is 0 Å². The molecule has 30 heavy (non-hydrogen) atoms. The average Bonchev–Trinajstić information content (AvgIpc) is 3.15. The van der Waals surface area contributed by atoms with E-state index in [-0.39, 0.29) is 45.1 Å². The molecule has 162 valence electrons. The molecule has 1 aliphatic heterocycles. The molecule has 0 saturated heterocycles. The van der Waals surface area contributed by atoms with Gasteiger partial charge in [-0.1, -0.05) is 0 Å². The van der Waals surface area contributed by atoms with E-state index < -0.39 is 41.9 Å². The third-order valence-electron chi connectivity index (χ3n) is 5.92. The van der Waals surface area contributed by atoms with E-state index in [0.717, 1.165) is 12.1 Å². The molecule has 1 unspecified atom stereocenters. The smallest absolute Gasteiger partial charge is 0.302 e. The lowest BCUT2D eigenvalue weighted by Gasteiger charge is -2.35. The summed E-state index contributed by atoms with van der Waals surface area (Å²) >= 11 is 6.46. The Morgan fingerprint density at radius 3 is 2.47 bits per heavy atom. The van der Waals surface area contributed by atoms with Crippen molar-refractivity contribution in [3.05, 3.63) is 38.7 Å². The van der Waals surface area contributed by atoms with Gasteiger partial charge in [0.2, 0.25) is 0 Å². The number of ether oxygens (including phenoxy) is 1. The average molecular weight is 554 g/mol. The first-order valence-corrected chi connectivity index (χ1v) is 11.1. The lowest BCUT2D eigenvalue weighted by molar-refractivity contribution is -0.150. The van der Waals surface area contributed by atoms with Gasteiger partial charge in [0, 0.05) is 30.4 Å². The normalized spacial score (nSPS) is 23.2. The van der Waals surface area contributed by atoms with Crippen LogP contribution in [0.1, 0.15) is 50.6 Å². The molecule has 1 fully saturated rings. The standard InChI is InChI=1S/C20H18Br2F4N2O2/c1-9(29)30-11-4-2-10(3-5-11)20(25,26)8-14-15-12(23)6-7-13(24)16(15)17-18(21)27-19(22)28(14)17/h6-7,10-11,14H,2-5,8H2,1H3. The summed E-state index contributed by atoms with van der Waals surface area (Å²) in [6.45, 7) is 1.30. The third kappa shape index (κ3) is 3.70. The zero-order valence-electron chi connectivity index (χ0n) is 15.9. The second kappa shape index (κ2) is 7.93. The van der Waals surface area contributed by atoms with E-state index in [1.54, 1.807) is 0 Å². The van der Waals surface area contributed by atoms with Crippen LogP contribution in [0.15, 0.2) is 21.5 Å². The van der Waals surface area contributed by atoms with E-state index in [9.17, 15) is 13.6 Å². The maximum absolute atomic E-state index is 15.3. The maximum atomic E-state index is 15.3. The highest BCUT2D eigenvalue weighted by molar-refractivity contribution is 9.11. The summed E-state index contributed by atoms with van der Waals surface area (Å²) in [7, 11) is 0. The van der Waals surface area contributed by atoms with Gasteiger partial charge in [0.15, 0.2) is 4.73 Å². The van der Waals surface area contributed by atoms with Gasteiger partial charge < -0.3 is 9.30 Å². The molecule has 1 aliphatic carbocycles. The number of fused-ring (bicyclic) bond motifs is 3. The van der Waals surface area contributed by atoms with Crippen LogP contribution in [0.3, 0.4) is 0 Å². The van der Waals surface area contributed by atoms with Crippen LogP contribution in [-0.4, -0.2) is 27.5 Å². The van der Waals surface area contributed by atoms with Crippen LogP contribution in [0.2, 0.25) is 0 Å². The molecule has 0 spiro atoms. The fraction of sp³-hybridized carbons (Fsp3) is 0.500. The van der Waals surface area contributed by atoms with E-state index >= 15 is 8.78 Å². The predicted octanol–water partition coefficient (Wildman–Crippen LogP) is 6.40. The molecular weight excluding hydrogens is 536 g/mol. The number of carbonyl (C=O) groups excluding carboxylic acids is 1. The van der Waals surface area contributed by atoms with Gasteiger partial charge in [-0.25, -0.2) is 22.5 Å². The third-order valence-corrected chi connectivity index (χ3v) is 7.03. The molecule has 10 heteroatoms. The van der Waals surface area contributed by atoms with Crippen molar-refractivity contribution in [2.24, 2.45) is 5.92 Å². The maximum Gasteiger partial charge on any atom is 0.302 e. The van der Waals surface area contributed by atoms with Crippen LogP contribution in [-0.2, 0) is 9.53 Å². The summed E-state index contributed by atoms with van der Waals surface area (Å²) in [4.78, 5) is 15.2. The Balaban J connectivity index is 1.64. The van der Waals surface area contributed by atoms with Crippen molar-refractivity contribution in [1.29, 1.82) is 0 Å². The van der Waals surface area contributed by atoms with Crippen LogP contribution in [0.25, 0.3) is 11.3 Å². The Morgan fingerprint density at radius 2 is 1.83 bits per heavy atom. The van der Waals surface area contributed by atoms with Gasteiger partial charge in [-0.05, 0) is 69.7 Å². The molecule has 2 aromatic rings. The largest absolute Gasteiger partial charge is 0.463 e. The van der Waals surface area contributed by atoms with Crippen LogP contribution in [0.5, 0.6) is 0 Å². The van der Waals surface area contributed by atoms with Crippen molar-refractivity contribution >= 4 is 37.8 Å². The molecule has 0 N–H and O–H groups in total. The Hall–Kier alpha value is -1.42. The van der Waals surface area contributed by atoms with Crippen LogP contribution < -0.4 is 0 Å². The van der Waals surface area contributed by atoms with Crippen LogP contribution in [0.4, 0.5) is 17.6 Å². The Kier molecular flexibility index (Phi) is 5.76. The lowest BCUT2D eigenvalue weighted by atomic mass is 9.80. The SMILES string of the molecule is CC(=O)OC1CCC(C(F)(F)CC2c3c(F)ccc(F)c3-c3c(Br)nc(Br)n32)CC1. The fourth-order valence-corrected chi connectivity index (χ4v) is 6.00. The molecule has 1 aromatic heterocycles. The van der Waals surface area contributed by atoms with E-state index in [4.69, 9.17) is 4.74 Å². The number of alkyl halides is 2. The minimum absolute atomic E-state index is 0.0422. The van der Waals surface area contributed by atoms with E-state index in [1.165, 1.54) is 11.5 Å². The van der Waals surface area contributed by atoms with Crippen molar-refractivity contribution in [2.45, 2.75) is 57.1 Å². The Bertz CT molecular complexity index is 1000. The van der Waals surface area contributed by atoms with Crippen LogP contribution >= 0.6 is 31.9 Å². The fourth-order valence-electron chi connectivity index (χ4n) is 4.61. The molecule has 0 radical (unpaired) electrons. The number of imidazole rings is 1. The molecule has 2 aliphatic rings. The molecule has 1 atom stereocenters. The number of esters is 1. The van der Waals surface area contributed by atoms with Crippen molar-refractivity contribution in [2.75, 3.05) is 0 Å². The van der Waals surface area contributed by atoms with Gasteiger partial charge in [-0.3, -0.25) is 4.79 Å². The van der Waals surface area contributed by atoms with Crippen molar-refractivity contribution in [1.82, 2.24) is 9.55 Å². The quantitative estimate of drug-likeness (QED) is 0.325. The summed E-state index contributed by atoms with van der Waals surface area (Å²) < 4.78 is 66.9. The number of rotatable bonds is 4. The Morgan fingerprint density at radius 1 is 1.20 bits per heavy atom. The minimum Gasteiger partial charge on any atom is -0.463 e. The van der Waals surface area contributed by atoms with Crippen molar-refractivity contribution in [3.8, 4) is 11.3 Å². The number of aromatic nitrogens is 2. The van der Waals surface area contributed by atoms with Gasteiger partial charge in [-0.15, -0.1) is 0 Å². The highest BCUT2D eigenvalue weighted by Gasteiger charge is 2.48. The first-order valence-electron chi connectivity index (χ1n) is 9.56. The van der Waals surface area contributed by atoms with Gasteiger partial charge >= 0.3 is 5.97 Å². The molecule has 1 saturated carbocycles. The molecule has 2 heterocycles. The highest BCUT2D eigenvalue weighted by Crippen LogP contribution is 2.52. The zero-order valence-corrected chi connectivity index (χ0v) is 19.1. The van der Waals surface area contributed by atoms with Crippen molar-refractivity contribution in [3.63, 3.8) is 0 Å². The molecule has 0 amide bonds. The number of hydrogen-bond donors (Lipinski definition) is 0. The minimum atomic E-state index is -3.13. The lowest BCUT2D eigenvalue weighted by Crippen LogP contribution is -2.36. The van der Waals surface area contributed by atoms with Gasteiger partial charge in [0.25, 0.3) is 5.92 Å². The second-order valence-corrected chi connectivity index (χ2v) is 9.23. The van der Waals surface area contributed by atoms with Gasteiger partial charge in [0.1, 0.15) is 22.3 Å². The Labute approximate surface area is 187 Å². The second-order valence-electron chi connectivity index (χ2n) is 7.77. The molecule has 0 bridgehead atoms. The summed E-state index contributed by atoms with van der Waals surface area (Å²) in [5.74, 6) is -5.89. The molecular formula is C20H18Br2F4N2O2. The molecule has 4 rings (SSSR count). The number of benzene rings is 1. The van der Waals surface area contributed by atoms with E-state index in [0.29, 0.717) is 12.8 Å². The van der Waals surface area contributed by atoms with Crippen molar-refractivity contribution < 1.29 is 27.1 Å². The van der Waals surface area contributed by atoms with Gasteiger partial charge in [0.05, 0.1) is 11.7 Å². The molecule has 4 nitrogen and oxygen atoms in total. The first-order chi connectivity index (χ1) is 14.1. The predicted molar refractivity (Wildman–Crippen MR) is 108 cm³/mol. The van der Waals surface area contributed by atoms with Gasteiger partial charge in [-0.2, -0.15) is 0 Å². The van der Waals surface area contributed by atoms with Crippen LogP contribution in [0, 0.1) is 17.6 Å². The number of carbonyl (C=O) groups is 1. The monoisotopic (exact) mass is 552 g/mol. The topological polar surface area (TPSA) is 44.1 Å². The molecule has 1 aromatic carbocycles.